The molecule has 1 N–H and O–H groups in total. The lowest BCUT2D eigenvalue weighted by atomic mass is 10.1. The molecule has 1 heterocycles. The summed E-state index contributed by atoms with van der Waals surface area (Å²) in [5.41, 5.74) is 0.661. The molecule has 2 rings (SSSR count). The highest BCUT2D eigenvalue weighted by Crippen LogP contribution is 2.53. The molecule has 0 amide bonds. The van der Waals surface area contributed by atoms with Gasteiger partial charge in [0.2, 0.25) is 0 Å². The maximum Gasteiger partial charge on any atom is 0.0145 e. The number of hydrogen-bond donors (Lipinski definition) is 1. The molecule has 1 aliphatic heterocycles. The van der Waals surface area contributed by atoms with Gasteiger partial charge in [0.05, 0.1) is 0 Å². The van der Waals surface area contributed by atoms with Crippen LogP contribution in [0.25, 0.3) is 0 Å². The minimum Gasteiger partial charge on any atom is -0.311 e. The zero-order chi connectivity index (χ0) is 10.3. The highest BCUT2D eigenvalue weighted by Gasteiger charge is 2.57. The Hall–Kier alpha value is -0.0800. The zero-order valence-electron chi connectivity index (χ0n) is 10.0. The normalized spacial score (nSPS) is 37.7. The van der Waals surface area contributed by atoms with Crippen molar-refractivity contribution in [2.24, 2.45) is 5.41 Å². The van der Waals surface area contributed by atoms with Gasteiger partial charge in [0, 0.05) is 30.1 Å². The first kappa shape index (κ1) is 10.4. The third-order valence-electron chi connectivity index (χ3n) is 3.87. The second kappa shape index (κ2) is 3.49. The second-order valence-electron chi connectivity index (χ2n) is 5.75. The Morgan fingerprint density at radius 3 is 2.50 bits per heavy atom. The van der Waals surface area contributed by atoms with Crippen molar-refractivity contribution in [3.05, 3.63) is 0 Å². The van der Waals surface area contributed by atoms with E-state index in [-0.39, 0.29) is 0 Å². The minimum atomic E-state index is 0.646. The molecule has 2 unspecified atom stereocenters. The molecule has 1 saturated carbocycles. The fourth-order valence-electron chi connectivity index (χ4n) is 2.81. The van der Waals surface area contributed by atoms with Crippen molar-refractivity contribution in [2.75, 3.05) is 13.1 Å². The van der Waals surface area contributed by atoms with Crippen LogP contribution < -0.4 is 5.32 Å². The highest BCUT2D eigenvalue weighted by molar-refractivity contribution is 5.13. The van der Waals surface area contributed by atoms with Crippen molar-refractivity contribution < 1.29 is 0 Å². The summed E-state index contributed by atoms with van der Waals surface area (Å²) in [6, 6.07) is 2.19. The Bertz CT molecular complexity index is 212. The van der Waals surface area contributed by atoms with Gasteiger partial charge in [0.15, 0.2) is 0 Å². The summed E-state index contributed by atoms with van der Waals surface area (Å²) in [6.45, 7) is 11.8. The van der Waals surface area contributed by atoms with Crippen LogP contribution in [0.1, 0.15) is 40.5 Å². The van der Waals surface area contributed by atoms with Crippen molar-refractivity contribution in [2.45, 2.75) is 58.7 Å². The lowest BCUT2D eigenvalue weighted by Crippen LogP contribution is -2.32. The molecule has 0 bridgehead atoms. The average Bonchev–Trinajstić information content (AvgIpc) is 2.57. The van der Waals surface area contributed by atoms with E-state index in [1.165, 1.54) is 25.9 Å². The average molecular weight is 196 g/mol. The van der Waals surface area contributed by atoms with E-state index in [4.69, 9.17) is 0 Å². The van der Waals surface area contributed by atoms with Crippen LogP contribution in [0.5, 0.6) is 0 Å². The van der Waals surface area contributed by atoms with E-state index in [9.17, 15) is 0 Å². The molecule has 2 aliphatic rings. The first-order valence-electron chi connectivity index (χ1n) is 6.03. The smallest absolute Gasteiger partial charge is 0.0145 e. The lowest BCUT2D eigenvalue weighted by Gasteiger charge is -2.20. The number of hydrogen-bond acceptors (Lipinski definition) is 2. The van der Waals surface area contributed by atoms with Gasteiger partial charge in [-0.25, -0.2) is 0 Å². The molecule has 2 atom stereocenters. The van der Waals surface area contributed by atoms with Crippen LogP contribution in [0.4, 0.5) is 0 Å². The molecule has 0 aromatic carbocycles. The molecule has 2 fully saturated rings. The standard InChI is InChI=1S/C12H24N2/c1-9(2)13-11-7-12(11)5-6-14(8-12)10(3)4/h9-11,13H,5-8H2,1-4H3. The van der Waals surface area contributed by atoms with Crippen molar-refractivity contribution in [3.8, 4) is 0 Å². The molecule has 82 valence electrons. The van der Waals surface area contributed by atoms with Crippen molar-refractivity contribution in [1.29, 1.82) is 0 Å². The van der Waals surface area contributed by atoms with Crippen LogP contribution in [-0.2, 0) is 0 Å². The van der Waals surface area contributed by atoms with Crippen molar-refractivity contribution in [3.63, 3.8) is 0 Å². The third kappa shape index (κ3) is 1.82. The Labute approximate surface area is 88.1 Å². The molecular weight excluding hydrogens is 172 g/mol. The van der Waals surface area contributed by atoms with Crippen LogP contribution in [0.2, 0.25) is 0 Å². The first-order valence-corrected chi connectivity index (χ1v) is 6.03. The Morgan fingerprint density at radius 1 is 1.29 bits per heavy atom. The van der Waals surface area contributed by atoms with E-state index in [0.29, 0.717) is 11.5 Å². The lowest BCUT2D eigenvalue weighted by molar-refractivity contribution is 0.258. The molecule has 1 saturated heterocycles. The summed E-state index contributed by atoms with van der Waals surface area (Å²) >= 11 is 0. The van der Waals surface area contributed by atoms with Gasteiger partial charge in [-0.15, -0.1) is 0 Å². The van der Waals surface area contributed by atoms with Gasteiger partial charge >= 0.3 is 0 Å². The summed E-state index contributed by atoms with van der Waals surface area (Å²) in [4.78, 5) is 2.63. The maximum atomic E-state index is 3.68. The van der Waals surface area contributed by atoms with E-state index in [0.717, 1.165) is 12.1 Å². The number of nitrogens with zero attached hydrogens (tertiary/aromatic N) is 1. The van der Waals surface area contributed by atoms with Gasteiger partial charge < -0.3 is 10.2 Å². The second-order valence-corrected chi connectivity index (χ2v) is 5.75. The van der Waals surface area contributed by atoms with Crippen LogP contribution >= 0.6 is 0 Å². The van der Waals surface area contributed by atoms with E-state index >= 15 is 0 Å². The van der Waals surface area contributed by atoms with Gasteiger partial charge in [0.25, 0.3) is 0 Å². The number of nitrogens with one attached hydrogen (secondary N) is 1. The van der Waals surface area contributed by atoms with Gasteiger partial charge in [-0.2, -0.15) is 0 Å². The summed E-state index contributed by atoms with van der Waals surface area (Å²) in [5.74, 6) is 0. The third-order valence-corrected chi connectivity index (χ3v) is 3.87. The quantitative estimate of drug-likeness (QED) is 0.741. The predicted molar refractivity (Wildman–Crippen MR) is 60.4 cm³/mol. The molecule has 1 spiro atoms. The van der Waals surface area contributed by atoms with Crippen LogP contribution in [0.3, 0.4) is 0 Å². The first-order chi connectivity index (χ1) is 6.53. The fourth-order valence-corrected chi connectivity index (χ4v) is 2.81. The Balaban J connectivity index is 1.85. The summed E-state index contributed by atoms with van der Waals surface area (Å²) in [7, 11) is 0. The number of likely N-dealkylation sites (tertiary alicyclic amines) is 1. The Kier molecular flexibility index (Phi) is 2.61. The van der Waals surface area contributed by atoms with Gasteiger partial charge in [0.1, 0.15) is 0 Å². The molecule has 0 aromatic heterocycles. The molecule has 0 aromatic rings. The molecule has 2 heteroatoms. The molecule has 0 radical (unpaired) electrons. The zero-order valence-corrected chi connectivity index (χ0v) is 10.0. The SMILES string of the molecule is CC(C)NC1CC12CCN(C(C)C)C2. The van der Waals surface area contributed by atoms with Gasteiger partial charge in [-0.3, -0.25) is 0 Å². The van der Waals surface area contributed by atoms with Crippen molar-refractivity contribution in [1.82, 2.24) is 10.2 Å². The Morgan fingerprint density at radius 2 is 2.00 bits per heavy atom. The molecular formula is C12H24N2. The van der Waals surface area contributed by atoms with Crippen LogP contribution in [0, 0.1) is 5.41 Å². The van der Waals surface area contributed by atoms with Gasteiger partial charge in [-0.1, -0.05) is 13.8 Å². The van der Waals surface area contributed by atoms with E-state index < -0.39 is 0 Å². The van der Waals surface area contributed by atoms with Crippen molar-refractivity contribution >= 4 is 0 Å². The largest absolute Gasteiger partial charge is 0.311 e. The predicted octanol–water partition coefficient (Wildman–Crippen LogP) is 1.86. The summed E-state index contributed by atoms with van der Waals surface area (Å²) in [5, 5.41) is 3.68. The van der Waals surface area contributed by atoms with E-state index in [2.05, 4.69) is 37.9 Å². The topological polar surface area (TPSA) is 15.3 Å². The summed E-state index contributed by atoms with van der Waals surface area (Å²) in [6.07, 6.45) is 2.82. The molecule has 1 aliphatic carbocycles. The monoisotopic (exact) mass is 196 g/mol. The molecule has 2 nitrogen and oxygen atoms in total. The van der Waals surface area contributed by atoms with E-state index in [1.807, 2.05) is 0 Å². The fraction of sp³-hybridized carbons (Fsp3) is 1.00. The maximum absolute atomic E-state index is 3.68. The van der Waals surface area contributed by atoms with Crippen LogP contribution in [0.15, 0.2) is 0 Å². The summed E-state index contributed by atoms with van der Waals surface area (Å²) < 4.78 is 0. The molecule has 14 heavy (non-hydrogen) atoms. The number of rotatable bonds is 3. The van der Waals surface area contributed by atoms with Crippen LogP contribution in [-0.4, -0.2) is 36.1 Å². The highest BCUT2D eigenvalue weighted by atomic mass is 15.2. The minimum absolute atomic E-state index is 0.646. The van der Waals surface area contributed by atoms with Gasteiger partial charge in [-0.05, 0) is 33.2 Å². The van der Waals surface area contributed by atoms with E-state index in [1.54, 1.807) is 0 Å².